The van der Waals surface area contributed by atoms with Gasteiger partial charge in [-0.15, -0.1) is 11.3 Å². The van der Waals surface area contributed by atoms with Crippen LogP contribution in [-0.2, 0) is 6.61 Å². The highest BCUT2D eigenvalue weighted by Crippen LogP contribution is 2.18. The number of benzene rings is 1. The van der Waals surface area contributed by atoms with Crippen molar-refractivity contribution >= 4 is 17.2 Å². The molecule has 1 N–H and O–H groups in total. The third kappa shape index (κ3) is 4.26. The lowest BCUT2D eigenvalue weighted by molar-refractivity contribution is 0.0934. The summed E-state index contributed by atoms with van der Waals surface area (Å²) in [5, 5.41) is 5.16. The van der Waals surface area contributed by atoms with Gasteiger partial charge in [0.2, 0.25) is 0 Å². The molecule has 0 fully saturated rings. The zero-order valence-corrected chi connectivity index (χ0v) is 12.7. The van der Waals surface area contributed by atoms with Gasteiger partial charge in [0.15, 0.2) is 11.6 Å². The summed E-state index contributed by atoms with van der Waals surface area (Å²) in [5.74, 6) is -0.431. The Balaban J connectivity index is 1.94. The van der Waals surface area contributed by atoms with E-state index in [9.17, 15) is 9.18 Å². The molecule has 0 saturated carbocycles. The van der Waals surface area contributed by atoms with E-state index in [2.05, 4.69) is 10.3 Å². The van der Waals surface area contributed by atoms with Gasteiger partial charge in [-0.25, -0.2) is 9.37 Å². The van der Waals surface area contributed by atoms with Crippen LogP contribution in [0.15, 0.2) is 29.6 Å². The molecule has 1 heterocycles. The monoisotopic (exact) mass is 308 g/mol. The molecule has 1 atom stereocenters. The molecular weight excluding hydrogens is 291 g/mol. The van der Waals surface area contributed by atoms with Gasteiger partial charge in [-0.3, -0.25) is 4.79 Å². The number of amides is 1. The highest BCUT2D eigenvalue weighted by Gasteiger charge is 2.13. The summed E-state index contributed by atoms with van der Waals surface area (Å²) in [4.78, 5) is 16.1. The first-order valence-electron chi connectivity index (χ1n) is 6.72. The lowest BCUT2D eigenvalue weighted by atomic mass is 10.2. The molecule has 0 bridgehead atoms. The number of nitrogens with one attached hydrogen (secondary N) is 1. The van der Waals surface area contributed by atoms with Crippen molar-refractivity contribution in [2.45, 2.75) is 32.9 Å². The Bertz CT molecular complexity index is 615. The van der Waals surface area contributed by atoms with Crippen LogP contribution < -0.4 is 10.1 Å². The molecule has 1 unspecified atom stereocenters. The van der Waals surface area contributed by atoms with Crippen LogP contribution in [0, 0.1) is 5.82 Å². The van der Waals surface area contributed by atoms with Crippen LogP contribution in [0.5, 0.6) is 5.75 Å². The first kappa shape index (κ1) is 15.4. The van der Waals surface area contributed by atoms with Crippen LogP contribution in [0.4, 0.5) is 4.39 Å². The minimum atomic E-state index is -0.413. The van der Waals surface area contributed by atoms with E-state index in [0.29, 0.717) is 10.7 Å². The van der Waals surface area contributed by atoms with E-state index in [-0.39, 0.29) is 24.3 Å². The molecule has 1 aromatic carbocycles. The molecule has 6 heteroatoms. The molecule has 0 radical (unpaired) electrons. The van der Waals surface area contributed by atoms with Gasteiger partial charge in [0.05, 0.1) is 0 Å². The van der Waals surface area contributed by atoms with E-state index in [1.54, 1.807) is 23.6 Å². The molecule has 2 rings (SSSR count). The quantitative estimate of drug-likeness (QED) is 0.890. The van der Waals surface area contributed by atoms with E-state index < -0.39 is 5.82 Å². The van der Waals surface area contributed by atoms with E-state index in [1.165, 1.54) is 17.4 Å². The third-order valence-electron chi connectivity index (χ3n) is 2.96. The van der Waals surface area contributed by atoms with E-state index in [1.807, 2.05) is 13.8 Å². The number of hydrogen-bond donors (Lipinski definition) is 1. The van der Waals surface area contributed by atoms with Gasteiger partial charge in [-0.2, -0.15) is 0 Å². The zero-order valence-electron chi connectivity index (χ0n) is 11.9. The van der Waals surface area contributed by atoms with Crippen LogP contribution in [0.1, 0.15) is 35.8 Å². The van der Waals surface area contributed by atoms with Crippen LogP contribution in [0.3, 0.4) is 0 Å². The molecule has 0 saturated heterocycles. The SMILES string of the molecule is CCC(C)NC(=O)c1csc(COc2ccccc2F)n1. The maximum absolute atomic E-state index is 13.4. The van der Waals surface area contributed by atoms with Crippen molar-refractivity contribution in [2.24, 2.45) is 0 Å². The minimum absolute atomic E-state index is 0.109. The number of thiazole rings is 1. The molecule has 1 aromatic heterocycles. The molecule has 112 valence electrons. The van der Waals surface area contributed by atoms with E-state index >= 15 is 0 Å². The average Bonchev–Trinajstić information content (AvgIpc) is 2.95. The number of halogens is 1. The summed E-state index contributed by atoms with van der Waals surface area (Å²) in [6.07, 6.45) is 0.860. The Morgan fingerprint density at radius 2 is 2.24 bits per heavy atom. The maximum Gasteiger partial charge on any atom is 0.270 e. The molecule has 1 amide bonds. The van der Waals surface area contributed by atoms with Crippen molar-refractivity contribution in [3.05, 3.63) is 46.2 Å². The number of para-hydroxylation sites is 1. The first-order valence-corrected chi connectivity index (χ1v) is 7.60. The predicted molar refractivity (Wildman–Crippen MR) is 80.1 cm³/mol. The fourth-order valence-corrected chi connectivity index (χ4v) is 2.27. The molecule has 0 spiro atoms. The van der Waals surface area contributed by atoms with Crippen LogP contribution in [0.25, 0.3) is 0 Å². The summed E-state index contributed by atoms with van der Waals surface area (Å²) in [5.41, 5.74) is 0.368. The zero-order chi connectivity index (χ0) is 15.2. The maximum atomic E-state index is 13.4. The van der Waals surface area contributed by atoms with Crippen molar-refractivity contribution in [1.29, 1.82) is 0 Å². The number of carbonyl (C=O) groups is 1. The predicted octanol–water partition coefficient (Wildman–Crippen LogP) is 3.39. The summed E-state index contributed by atoms with van der Waals surface area (Å²) in [6.45, 7) is 4.08. The van der Waals surface area contributed by atoms with Gasteiger partial charge >= 0.3 is 0 Å². The average molecular weight is 308 g/mol. The third-order valence-corrected chi connectivity index (χ3v) is 3.78. The van der Waals surface area contributed by atoms with Crippen molar-refractivity contribution in [2.75, 3.05) is 0 Å². The molecular formula is C15H17FN2O2S. The van der Waals surface area contributed by atoms with Crippen molar-refractivity contribution in [1.82, 2.24) is 10.3 Å². The Hall–Kier alpha value is -1.95. The van der Waals surface area contributed by atoms with E-state index in [4.69, 9.17) is 4.74 Å². The number of hydrogen-bond acceptors (Lipinski definition) is 4. The minimum Gasteiger partial charge on any atom is -0.483 e. The number of rotatable bonds is 6. The highest BCUT2D eigenvalue weighted by molar-refractivity contribution is 7.09. The number of aromatic nitrogens is 1. The second-order valence-corrected chi connectivity index (χ2v) is 5.57. The molecule has 0 aliphatic carbocycles. The van der Waals surface area contributed by atoms with Gasteiger partial charge in [0, 0.05) is 11.4 Å². The lowest BCUT2D eigenvalue weighted by Gasteiger charge is -2.09. The number of nitrogens with zero attached hydrogens (tertiary/aromatic N) is 1. The van der Waals surface area contributed by atoms with Crippen molar-refractivity contribution in [3.8, 4) is 5.75 Å². The molecule has 2 aromatic rings. The van der Waals surface area contributed by atoms with Gasteiger partial charge in [-0.1, -0.05) is 19.1 Å². The molecule has 21 heavy (non-hydrogen) atoms. The van der Waals surface area contributed by atoms with Crippen molar-refractivity contribution < 1.29 is 13.9 Å². The molecule has 4 nitrogen and oxygen atoms in total. The lowest BCUT2D eigenvalue weighted by Crippen LogP contribution is -2.32. The largest absolute Gasteiger partial charge is 0.483 e. The van der Waals surface area contributed by atoms with Gasteiger partial charge in [-0.05, 0) is 25.5 Å². The Labute approximate surface area is 127 Å². The van der Waals surface area contributed by atoms with Gasteiger partial charge in [0.25, 0.3) is 5.91 Å². The highest BCUT2D eigenvalue weighted by atomic mass is 32.1. The number of ether oxygens (including phenoxy) is 1. The van der Waals surface area contributed by atoms with Gasteiger partial charge < -0.3 is 10.1 Å². The first-order chi connectivity index (χ1) is 10.1. The summed E-state index contributed by atoms with van der Waals surface area (Å²) >= 11 is 1.32. The standard InChI is InChI=1S/C15H17FN2O2S/c1-3-10(2)17-15(19)12-9-21-14(18-12)8-20-13-7-5-4-6-11(13)16/h4-7,9-10H,3,8H2,1-2H3,(H,17,19). The second-order valence-electron chi connectivity index (χ2n) is 4.63. The molecule has 0 aliphatic heterocycles. The van der Waals surface area contributed by atoms with Gasteiger partial charge in [0.1, 0.15) is 17.3 Å². The van der Waals surface area contributed by atoms with E-state index in [0.717, 1.165) is 6.42 Å². The fourth-order valence-electron chi connectivity index (χ4n) is 1.58. The summed E-state index contributed by atoms with van der Waals surface area (Å²) < 4.78 is 18.8. The fraction of sp³-hybridized carbons (Fsp3) is 0.333. The Morgan fingerprint density at radius 3 is 2.95 bits per heavy atom. The van der Waals surface area contributed by atoms with Crippen molar-refractivity contribution in [3.63, 3.8) is 0 Å². The van der Waals surface area contributed by atoms with Crippen LogP contribution in [0.2, 0.25) is 0 Å². The molecule has 0 aliphatic rings. The smallest absolute Gasteiger partial charge is 0.270 e. The normalized spacial score (nSPS) is 12.0. The van der Waals surface area contributed by atoms with Crippen LogP contribution in [-0.4, -0.2) is 16.9 Å². The Kier molecular flexibility index (Phi) is 5.27. The Morgan fingerprint density at radius 1 is 1.48 bits per heavy atom. The van der Waals surface area contributed by atoms with Crippen LogP contribution >= 0.6 is 11.3 Å². The number of carbonyl (C=O) groups excluding carboxylic acids is 1. The topological polar surface area (TPSA) is 51.2 Å². The second kappa shape index (κ2) is 7.17. The summed E-state index contributed by atoms with van der Waals surface area (Å²) in [6, 6.07) is 6.30. The summed E-state index contributed by atoms with van der Waals surface area (Å²) in [7, 11) is 0.